The topological polar surface area (TPSA) is 61.0 Å². The molecule has 0 aliphatic carbocycles. The lowest BCUT2D eigenvalue weighted by Crippen LogP contribution is -2.00. The molecule has 66 valence electrons. The third-order valence-electron chi connectivity index (χ3n) is 1.87. The van der Waals surface area contributed by atoms with Crippen molar-refractivity contribution in [2.45, 2.75) is 6.61 Å². The van der Waals surface area contributed by atoms with Crippen molar-refractivity contribution < 1.29 is 4.84 Å². The quantitative estimate of drug-likeness (QED) is 0.692. The monoisotopic (exact) mass is 175 g/mol. The van der Waals surface area contributed by atoms with Crippen molar-refractivity contribution >= 4 is 10.9 Å². The van der Waals surface area contributed by atoms with Crippen molar-refractivity contribution in [1.82, 2.24) is 10.2 Å². The van der Waals surface area contributed by atoms with E-state index in [2.05, 4.69) is 15.0 Å². The Morgan fingerprint density at radius 2 is 2.23 bits per heavy atom. The van der Waals surface area contributed by atoms with Gasteiger partial charge in [0, 0.05) is 10.9 Å². The molecule has 0 spiro atoms. The third kappa shape index (κ3) is 1.49. The molecule has 0 fully saturated rings. The van der Waals surface area contributed by atoms with E-state index in [1.54, 1.807) is 6.20 Å². The molecule has 0 amide bonds. The predicted octanol–water partition coefficient (Wildman–Crippen LogP) is 1.02. The van der Waals surface area contributed by atoms with Crippen molar-refractivity contribution in [1.29, 1.82) is 0 Å². The highest BCUT2D eigenvalue weighted by Gasteiger charge is 2.00. The maximum Gasteiger partial charge on any atom is 0.0985 e. The fourth-order valence-corrected chi connectivity index (χ4v) is 1.28. The summed E-state index contributed by atoms with van der Waals surface area (Å²) in [5.74, 6) is 5.00. The molecular formula is C9H9N3O. The van der Waals surface area contributed by atoms with Crippen molar-refractivity contribution in [2.75, 3.05) is 0 Å². The maximum absolute atomic E-state index is 5.00. The van der Waals surface area contributed by atoms with E-state index in [0.717, 1.165) is 16.5 Å². The molecule has 0 unspecified atom stereocenters. The van der Waals surface area contributed by atoms with Crippen LogP contribution in [-0.2, 0) is 11.4 Å². The molecule has 13 heavy (non-hydrogen) atoms. The van der Waals surface area contributed by atoms with Gasteiger partial charge in [0.15, 0.2) is 0 Å². The minimum absolute atomic E-state index is 0.357. The zero-order chi connectivity index (χ0) is 9.10. The Balaban J connectivity index is 2.61. The van der Waals surface area contributed by atoms with Gasteiger partial charge in [-0.1, -0.05) is 18.2 Å². The minimum Gasteiger partial charge on any atom is -0.300 e. The van der Waals surface area contributed by atoms with Crippen LogP contribution in [-0.4, -0.2) is 10.2 Å². The zero-order valence-corrected chi connectivity index (χ0v) is 6.97. The molecule has 1 aromatic heterocycles. The van der Waals surface area contributed by atoms with E-state index in [0.29, 0.717) is 6.61 Å². The van der Waals surface area contributed by atoms with Crippen LogP contribution in [0.1, 0.15) is 5.56 Å². The second-order valence-electron chi connectivity index (χ2n) is 2.70. The van der Waals surface area contributed by atoms with Crippen molar-refractivity contribution in [3.8, 4) is 0 Å². The summed E-state index contributed by atoms with van der Waals surface area (Å²) in [6, 6.07) is 7.74. The van der Waals surface area contributed by atoms with E-state index in [1.165, 1.54) is 0 Å². The van der Waals surface area contributed by atoms with Gasteiger partial charge in [0.1, 0.15) is 0 Å². The van der Waals surface area contributed by atoms with Crippen molar-refractivity contribution in [3.63, 3.8) is 0 Å². The van der Waals surface area contributed by atoms with Crippen LogP contribution in [0.25, 0.3) is 10.9 Å². The van der Waals surface area contributed by atoms with Crippen molar-refractivity contribution in [3.05, 3.63) is 36.0 Å². The lowest BCUT2D eigenvalue weighted by Gasteiger charge is -2.01. The van der Waals surface area contributed by atoms with E-state index in [4.69, 9.17) is 5.90 Å². The number of aromatic nitrogens is 2. The highest BCUT2D eigenvalue weighted by Crippen LogP contribution is 2.14. The van der Waals surface area contributed by atoms with Gasteiger partial charge in [0.05, 0.1) is 18.3 Å². The molecule has 0 saturated heterocycles. The third-order valence-corrected chi connectivity index (χ3v) is 1.87. The summed E-state index contributed by atoms with van der Waals surface area (Å²) in [6.45, 7) is 0.357. The largest absolute Gasteiger partial charge is 0.300 e. The number of hydrogen-bond acceptors (Lipinski definition) is 4. The Bertz CT molecular complexity index is 411. The van der Waals surface area contributed by atoms with Gasteiger partial charge in [-0.2, -0.15) is 10.2 Å². The lowest BCUT2D eigenvalue weighted by molar-refractivity contribution is 0.125. The first-order valence-electron chi connectivity index (χ1n) is 3.93. The number of nitrogens with zero attached hydrogens (tertiary/aromatic N) is 2. The molecule has 1 aromatic carbocycles. The Labute approximate surface area is 75.3 Å². The Kier molecular flexibility index (Phi) is 2.16. The van der Waals surface area contributed by atoms with E-state index < -0.39 is 0 Å². The van der Waals surface area contributed by atoms with Crippen LogP contribution in [0.2, 0.25) is 0 Å². The van der Waals surface area contributed by atoms with Gasteiger partial charge in [0.25, 0.3) is 0 Å². The molecular weight excluding hydrogens is 166 g/mol. The predicted molar refractivity (Wildman–Crippen MR) is 48.5 cm³/mol. The van der Waals surface area contributed by atoms with Crippen LogP contribution in [0.4, 0.5) is 0 Å². The van der Waals surface area contributed by atoms with Gasteiger partial charge >= 0.3 is 0 Å². The van der Waals surface area contributed by atoms with E-state index in [9.17, 15) is 0 Å². The van der Waals surface area contributed by atoms with Gasteiger partial charge in [-0.3, -0.25) is 4.84 Å². The normalized spacial score (nSPS) is 10.5. The summed E-state index contributed by atoms with van der Waals surface area (Å²) in [5.41, 5.74) is 1.79. The molecule has 0 saturated carbocycles. The average molecular weight is 175 g/mol. The first-order chi connectivity index (χ1) is 6.42. The molecule has 0 bridgehead atoms. The van der Waals surface area contributed by atoms with Crippen molar-refractivity contribution in [2.24, 2.45) is 5.90 Å². The summed E-state index contributed by atoms with van der Waals surface area (Å²) in [4.78, 5) is 4.57. The van der Waals surface area contributed by atoms with Gasteiger partial charge in [-0.25, -0.2) is 5.90 Å². The maximum atomic E-state index is 5.00. The van der Waals surface area contributed by atoms with Gasteiger partial charge in [-0.15, -0.1) is 0 Å². The number of hydrogen-bond donors (Lipinski definition) is 1. The number of fused-ring (bicyclic) bond motifs is 1. The van der Waals surface area contributed by atoms with Crippen LogP contribution in [0.5, 0.6) is 0 Å². The molecule has 0 atom stereocenters. The molecule has 2 rings (SSSR count). The van der Waals surface area contributed by atoms with Gasteiger partial charge < -0.3 is 0 Å². The van der Waals surface area contributed by atoms with E-state index >= 15 is 0 Å². The lowest BCUT2D eigenvalue weighted by atomic mass is 10.1. The molecule has 4 heteroatoms. The Morgan fingerprint density at radius 3 is 3.08 bits per heavy atom. The molecule has 0 aliphatic heterocycles. The summed E-state index contributed by atoms with van der Waals surface area (Å²) < 4.78 is 0. The average Bonchev–Trinajstić information content (AvgIpc) is 2.19. The Morgan fingerprint density at radius 1 is 1.31 bits per heavy atom. The standard InChI is InChI=1S/C9H9N3O/c10-13-6-8-3-1-2-7-4-5-11-12-9(7)8/h1-5H,6,10H2. The highest BCUT2D eigenvalue weighted by atomic mass is 16.6. The second kappa shape index (κ2) is 3.47. The number of benzene rings is 1. The SMILES string of the molecule is NOCc1cccc2ccnnc12. The van der Waals surface area contributed by atoms with Crippen LogP contribution >= 0.6 is 0 Å². The van der Waals surface area contributed by atoms with Gasteiger partial charge in [0.2, 0.25) is 0 Å². The van der Waals surface area contributed by atoms with E-state index in [1.807, 2.05) is 24.3 Å². The van der Waals surface area contributed by atoms with Crippen LogP contribution in [0.15, 0.2) is 30.5 Å². The van der Waals surface area contributed by atoms with Crippen LogP contribution < -0.4 is 5.90 Å². The first kappa shape index (κ1) is 8.10. The number of rotatable bonds is 2. The number of nitrogens with two attached hydrogens (primary N) is 1. The minimum atomic E-state index is 0.357. The molecule has 2 N–H and O–H groups in total. The molecule has 1 heterocycles. The summed E-state index contributed by atoms with van der Waals surface area (Å²) in [6.07, 6.45) is 1.66. The molecule has 0 radical (unpaired) electrons. The van der Waals surface area contributed by atoms with Crippen LogP contribution in [0.3, 0.4) is 0 Å². The molecule has 4 nitrogen and oxygen atoms in total. The Hall–Kier alpha value is -1.52. The van der Waals surface area contributed by atoms with E-state index in [-0.39, 0.29) is 0 Å². The molecule has 0 aliphatic rings. The summed E-state index contributed by atoms with van der Waals surface area (Å²) in [7, 11) is 0. The van der Waals surface area contributed by atoms with Gasteiger partial charge in [-0.05, 0) is 6.07 Å². The smallest absolute Gasteiger partial charge is 0.0985 e. The fourth-order valence-electron chi connectivity index (χ4n) is 1.28. The highest BCUT2D eigenvalue weighted by molar-refractivity contribution is 5.80. The van der Waals surface area contributed by atoms with Crippen LogP contribution in [0, 0.1) is 0 Å². The fraction of sp³-hybridized carbons (Fsp3) is 0.111. The second-order valence-corrected chi connectivity index (χ2v) is 2.70. The first-order valence-corrected chi connectivity index (χ1v) is 3.93. The molecule has 2 aromatic rings. The summed E-state index contributed by atoms with van der Waals surface area (Å²) >= 11 is 0. The zero-order valence-electron chi connectivity index (χ0n) is 6.97. The summed E-state index contributed by atoms with van der Waals surface area (Å²) in [5, 5.41) is 8.87.